The van der Waals surface area contributed by atoms with Crippen molar-refractivity contribution < 1.29 is 9.53 Å². The summed E-state index contributed by atoms with van der Waals surface area (Å²) in [5.74, 6) is 0.104. The quantitative estimate of drug-likeness (QED) is 0.733. The Morgan fingerprint density at radius 2 is 2.08 bits per heavy atom. The van der Waals surface area contributed by atoms with E-state index in [1.54, 1.807) is 11.3 Å². The molecule has 1 aliphatic carbocycles. The van der Waals surface area contributed by atoms with Crippen molar-refractivity contribution in [2.75, 3.05) is 13.2 Å². The topological polar surface area (TPSA) is 51.2 Å². The van der Waals surface area contributed by atoms with Gasteiger partial charge in [-0.1, -0.05) is 31.4 Å². The molecule has 0 aliphatic heterocycles. The fourth-order valence-corrected chi connectivity index (χ4v) is 4.08. The number of benzene rings is 1. The Morgan fingerprint density at radius 1 is 1.25 bits per heavy atom. The molecule has 1 heterocycles. The normalized spacial score (nSPS) is 15.7. The van der Waals surface area contributed by atoms with Gasteiger partial charge in [-0.05, 0) is 31.4 Å². The minimum absolute atomic E-state index is 0.104. The highest BCUT2D eigenvalue weighted by molar-refractivity contribution is 7.18. The van der Waals surface area contributed by atoms with E-state index in [0.29, 0.717) is 25.5 Å². The maximum atomic E-state index is 11.9. The number of nitrogens with one attached hydrogen (secondary N) is 1. The van der Waals surface area contributed by atoms with Crippen LogP contribution in [0.3, 0.4) is 0 Å². The van der Waals surface area contributed by atoms with Crippen molar-refractivity contribution in [2.24, 2.45) is 0 Å². The summed E-state index contributed by atoms with van der Waals surface area (Å²) in [6.45, 7) is 1.45. The minimum atomic E-state index is 0.104. The molecule has 24 heavy (non-hydrogen) atoms. The zero-order valence-corrected chi connectivity index (χ0v) is 14.9. The smallest absolute Gasteiger partial charge is 0.220 e. The second-order valence-electron chi connectivity index (χ2n) is 6.41. The highest BCUT2D eigenvalue weighted by Crippen LogP contribution is 2.22. The van der Waals surface area contributed by atoms with E-state index in [0.717, 1.165) is 23.6 Å². The summed E-state index contributed by atoms with van der Waals surface area (Å²) in [6.07, 6.45) is 8.92. The van der Waals surface area contributed by atoms with Crippen LogP contribution in [-0.4, -0.2) is 30.1 Å². The van der Waals surface area contributed by atoms with E-state index in [2.05, 4.69) is 16.4 Å². The molecule has 0 unspecified atom stereocenters. The van der Waals surface area contributed by atoms with E-state index in [-0.39, 0.29) is 5.91 Å². The third-order valence-electron chi connectivity index (χ3n) is 4.45. The Bertz CT molecular complexity index is 617. The molecular formula is C19H26N2O2S. The van der Waals surface area contributed by atoms with Gasteiger partial charge in [0, 0.05) is 26.0 Å². The molecule has 2 aromatic rings. The number of thiazole rings is 1. The summed E-state index contributed by atoms with van der Waals surface area (Å²) < 4.78 is 7.06. The molecule has 5 heteroatoms. The largest absolute Gasteiger partial charge is 0.378 e. The maximum Gasteiger partial charge on any atom is 0.220 e. The van der Waals surface area contributed by atoms with E-state index >= 15 is 0 Å². The minimum Gasteiger partial charge on any atom is -0.378 e. The standard InChI is InChI=1S/C19H26N2O2S/c22-18(20-13-6-14-23-15-7-2-1-3-8-15)11-12-19-21-16-9-4-5-10-17(16)24-19/h4-5,9-10,15H,1-3,6-8,11-14H2,(H,20,22). The maximum absolute atomic E-state index is 11.9. The molecule has 1 aliphatic rings. The van der Waals surface area contributed by atoms with Crippen LogP contribution in [0.25, 0.3) is 10.2 Å². The number of para-hydroxylation sites is 1. The van der Waals surface area contributed by atoms with E-state index in [4.69, 9.17) is 4.74 Å². The molecule has 1 amide bonds. The number of aromatic nitrogens is 1. The number of fused-ring (bicyclic) bond motifs is 1. The lowest BCUT2D eigenvalue weighted by Crippen LogP contribution is -2.26. The van der Waals surface area contributed by atoms with Gasteiger partial charge in [0.1, 0.15) is 0 Å². The third kappa shape index (κ3) is 5.28. The lowest BCUT2D eigenvalue weighted by molar-refractivity contribution is -0.121. The molecule has 4 nitrogen and oxygen atoms in total. The number of nitrogens with zero attached hydrogens (tertiary/aromatic N) is 1. The molecule has 1 fully saturated rings. The van der Waals surface area contributed by atoms with E-state index in [9.17, 15) is 4.79 Å². The SMILES string of the molecule is O=C(CCc1nc2ccccc2s1)NCCCOC1CCCCC1. The second-order valence-corrected chi connectivity index (χ2v) is 7.52. The second kappa shape index (κ2) is 9.14. The average Bonchev–Trinajstić information content (AvgIpc) is 3.03. The van der Waals surface area contributed by atoms with Crippen LogP contribution in [-0.2, 0) is 16.0 Å². The zero-order valence-electron chi connectivity index (χ0n) is 14.1. The first kappa shape index (κ1) is 17.4. The van der Waals surface area contributed by atoms with E-state index in [1.165, 1.54) is 36.8 Å². The third-order valence-corrected chi connectivity index (χ3v) is 5.55. The Hall–Kier alpha value is -1.46. The first-order valence-corrected chi connectivity index (χ1v) is 9.85. The number of hydrogen-bond donors (Lipinski definition) is 1. The molecule has 3 rings (SSSR count). The van der Waals surface area contributed by atoms with E-state index in [1.807, 2.05) is 18.2 Å². The van der Waals surface area contributed by atoms with Crippen LogP contribution in [0.4, 0.5) is 0 Å². The molecule has 0 bridgehead atoms. The Balaban J connectivity index is 1.28. The summed E-state index contributed by atoms with van der Waals surface area (Å²) in [6, 6.07) is 8.10. The van der Waals surface area contributed by atoms with Gasteiger partial charge in [0.15, 0.2) is 0 Å². The van der Waals surface area contributed by atoms with Crippen LogP contribution in [0.15, 0.2) is 24.3 Å². The van der Waals surface area contributed by atoms with Crippen LogP contribution in [0.1, 0.15) is 50.0 Å². The van der Waals surface area contributed by atoms with Gasteiger partial charge in [-0.25, -0.2) is 4.98 Å². The van der Waals surface area contributed by atoms with Gasteiger partial charge in [0.05, 0.1) is 21.3 Å². The van der Waals surface area contributed by atoms with Crippen molar-refractivity contribution in [3.63, 3.8) is 0 Å². The van der Waals surface area contributed by atoms with Crippen molar-refractivity contribution in [3.05, 3.63) is 29.3 Å². The molecule has 0 atom stereocenters. The van der Waals surface area contributed by atoms with Crippen molar-refractivity contribution >= 4 is 27.5 Å². The van der Waals surface area contributed by atoms with Crippen LogP contribution in [0, 0.1) is 0 Å². The zero-order chi connectivity index (χ0) is 16.6. The van der Waals surface area contributed by atoms with Crippen LogP contribution >= 0.6 is 11.3 Å². The van der Waals surface area contributed by atoms with Crippen LogP contribution in [0.5, 0.6) is 0 Å². The van der Waals surface area contributed by atoms with Gasteiger partial charge in [0.25, 0.3) is 0 Å². The predicted octanol–water partition coefficient (Wildman–Crippen LogP) is 4.08. The number of carbonyl (C=O) groups is 1. The summed E-state index contributed by atoms with van der Waals surface area (Å²) in [5, 5.41) is 4.02. The lowest BCUT2D eigenvalue weighted by Gasteiger charge is -2.21. The number of amides is 1. The molecule has 0 radical (unpaired) electrons. The molecule has 1 aromatic carbocycles. The molecule has 1 N–H and O–H groups in total. The van der Waals surface area contributed by atoms with Gasteiger partial charge < -0.3 is 10.1 Å². The van der Waals surface area contributed by atoms with Crippen molar-refractivity contribution in [1.29, 1.82) is 0 Å². The average molecular weight is 346 g/mol. The Kier molecular flexibility index (Phi) is 6.61. The number of aryl methyl sites for hydroxylation is 1. The van der Waals surface area contributed by atoms with Crippen molar-refractivity contribution in [2.45, 2.75) is 57.5 Å². The van der Waals surface area contributed by atoms with Gasteiger partial charge in [-0.15, -0.1) is 11.3 Å². The summed E-state index contributed by atoms with van der Waals surface area (Å²) in [7, 11) is 0. The Morgan fingerprint density at radius 3 is 2.92 bits per heavy atom. The van der Waals surface area contributed by atoms with Crippen molar-refractivity contribution in [1.82, 2.24) is 10.3 Å². The summed E-state index contributed by atoms with van der Waals surface area (Å²) >= 11 is 1.68. The number of hydrogen-bond acceptors (Lipinski definition) is 4. The fourth-order valence-electron chi connectivity index (χ4n) is 3.12. The Labute approximate surface area is 147 Å². The molecule has 0 spiro atoms. The molecule has 1 aromatic heterocycles. The molecular weight excluding hydrogens is 320 g/mol. The number of carbonyl (C=O) groups excluding carboxylic acids is 1. The van der Waals surface area contributed by atoms with Gasteiger partial charge >= 0.3 is 0 Å². The number of rotatable bonds is 8. The molecule has 0 saturated heterocycles. The van der Waals surface area contributed by atoms with E-state index < -0.39 is 0 Å². The summed E-state index contributed by atoms with van der Waals surface area (Å²) in [4.78, 5) is 16.5. The van der Waals surface area contributed by atoms with Gasteiger partial charge in [0.2, 0.25) is 5.91 Å². The van der Waals surface area contributed by atoms with Crippen molar-refractivity contribution in [3.8, 4) is 0 Å². The summed E-state index contributed by atoms with van der Waals surface area (Å²) in [5.41, 5.74) is 1.03. The predicted molar refractivity (Wildman–Crippen MR) is 98.4 cm³/mol. The highest BCUT2D eigenvalue weighted by atomic mass is 32.1. The lowest BCUT2D eigenvalue weighted by atomic mass is 9.98. The number of ether oxygens (including phenoxy) is 1. The van der Waals surface area contributed by atoms with Crippen LogP contribution < -0.4 is 5.32 Å². The molecule has 1 saturated carbocycles. The highest BCUT2D eigenvalue weighted by Gasteiger charge is 2.13. The van der Waals surface area contributed by atoms with Gasteiger partial charge in [-0.2, -0.15) is 0 Å². The first-order chi connectivity index (χ1) is 11.8. The molecule has 130 valence electrons. The monoisotopic (exact) mass is 346 g/mol. The van der Waals surface area contributed by atoms with Gasteiger partial charge in [-0.3, -0.25) is 4.79 Å². The fraction of sp³-hybridized carbons (Fsp3) is 0.579. The first-order valence-electron chi connectivity index (χ1n) is 9.04. The van der Waals surface area contributed by atoms with Crippen LogP contribution in [0.2, 0.25) is 0 Å².